The first-order valence-corrected chi connectivity index (χ1v) is 28.9. The molecule has 0 saturated carbocycles. The van der Waals surface area contributed by atoms with Crippen LogP contribution in [0.1, 0.15) is 113 Å². The van der Waals surface area contributed by atoms with Crippen molar-refractivity contribution in [3.63, 3.8) is 0 Å². The van der Waals surface area contributed by atoms with Crippen LogP contribution in [0.5, 0.6) is 0 Å². The summed E-state index contributed by atoms with van der Waals surface area (Å²) in [6.45, 7) is 5.44. The van der Waals surface area contributed by atoms with Gasteiger partial charge < -0.3 is 34.7 Å². The van der Waals surface area contributed by atoms with Crippen molar-refractivity contribution in [2.45, 2.75) is 65.6 Å². The molecule has 8 rings (SSSR count). The second kappa shape index (κ2) is 23.6. The first kappa shape index (κ1) is 53.6. The van der Waals surface area contributed by atoms with Gasteiger partial charge in [-0.3, -0.25) is 19.2 Å². The second-order valence-electron chi connectivity index (χ2n) is 17.3. The minimum atomic E-state index is -3.92. The quantitative estimate of drug-likeness (QED) is 0.0974. The lowest BCUT2D eigenvalue weighted by Gasteiger charge is -2.25. The SMILES string of the molecule is Cc1ccccc1C(=O)Nc1ccc(C(=O)N2CCCC(OP(O)(O)=S)c3cc(Cl)ccc32)c(C)c1.Cc1ccccc1C(=O)Nc1ccc(C(=O)N2CCCC(O[P+](C)=S)c3cc(Cl)ccc32)c(C)c1. The Balaban J connectivity index is 0.000000209. The zero-order valence-corrected chi connectivity index (χ0v) is 44.6. The normalized spacial score (nSPS) is 15.7. The van der Waals surface area contributed by atoms with Crippen molar-refractivity contribution in [3.8, 4) is 0 Å². The number of amides is 4. The molecule has 6 aromatic rings. The molecule has 6 aromatic carbocycles. The molecule has 71 heavy (non-hydrogen) atoms. The molecule has 3 unspecified atom stereocenters. The van der Waals surface area contributed by atoms with Crippen LogP contribution >= 0.6 is 36.8 Å². The van der Waals surface area contributed by atoms with E-state index in [2.05, 4.69) is 22.4 Å². The molecule has 0 bridgehead atoms. The maximum Gasteiger partial charge on any atom is 0.334 e. The zero-order valence-electron chi connectivity index (χ0n) is 39.6. The third-order valence-electron chi connectivity index (χ3n) is 12.2. The summed E-state index contributed by atoms with van der Waals surface area (Å²) < 4.78 is 11.4. The van der Waals surface area contributed by atoms with E-state index in [-0.39, 0.29) is 29.7 Å². The van der Waals surface area contributed by atoms with Gasteiger partial charge in [0.05, 0.1) is 11.8 Å². The first-order chi connectivity index (χ1) is 33.8. The second-order valence-corrected chi connectivity index (χ2v) is 23.4. The van der Waals surface area contributed by atoms with Gasteiger partial charge in [-0.1, -0.05) is 59.6 Å². The number of hydrogen-bond acceptors (Lipinski definition) is 8. The monoisotopic (exact) mass is 1070 g/mol. The van der Waals surface area contributed by atoms with Crippen LogP contribution in [0, 0.1) is 27.7 Å². The number of nitrogens with zero attached hydrogens (tertiary/aromatic N) is 2. The van der Waals surface area contributed by atoms with Gasteiger partial charge in [0, 0.05) is 73.6 Å². The van der Waals surface area contributed by atoms with Gasteiger partial charge in [0.1, 0.15) is 12.8 Å². The van der Waals surface area contributed by atoms with Gasteiger partial charge in [0.25, 0.3) is 23.6 Å². The highest BCUT2D eigenvalue weighted by Gasteiger charge is 2.33. The maximum absolute atomic E-state index is 13.7. The molecule has 2 aliphatic rings. The molecule has 368 valence electrons. The smallest absolute Gasteiger partial charge is 0.325 e. The van der Waals surface area contributed by atoms with Gasteiger partial charge in [-0.05, 0) is 172 Å². The minimum absolute atomic E-state index is 0.0966. The van der Waals surface area contributed by atoms with E-state index in [9.17, 15) is 29.0 Å². The van der Waals surface area contributed by atoms with E-state index < -0.39 is 19.7 Å². The van der Waals surface area contributed by atoms with E-state index in [1.165, 1.54) is 0 Å². The molecule has 4 amide bonds. The van der Waals surface area contributed by atoms with Crippen LogP contribution in [0.15, 0.2) is 121 Å². The number of rotatable bonds is 10. The lowest BCUT2D eigenvalue weighted by molar-refractivity contribution is 0.0978. The lowest BCUT2D eigenvalue weighted by atomic mass is 10.0. The molecule has 4 N–H and O–H groups in total. The van der Waals surface area contributed by atoms with Crippen molar-refractivity contribution in [1.29, 1.82) is 0 Å². The van der Waals surface area contributed by atoms with Crippen LogP contribution in [0.25, 0.3) is 0 Å². The standard InChI is InChI=1S/C27H26ClN2O3PS.C26H26ClN2O5PS/c1-17-7-4-5-8-21(17)26(31)29-20-11-12-22(18(2)15-20)27(32)30-14-6-9-25(33-34(3)35)23-16-19(28)10-13-24(23)30;1-16-6-3-4-7-20(16)25(30)28-19-10-11-21(17(2)14-19)26(31)29-13-5-8-24(34-35(32,33)36)22-15-18(27)9-12-23(22)29/h4-5,7-8,10-13,15-16,25H,6,9,14H2,1-3H3;3-4,6-7,9-12,14-15,24H,5,8,13H2,1-2H3,(H,28,30)(H2,32,33,36)/p+1. The predicted molar refractivity (Wildman–Crippen MR) is 292 cm³/mol. The fraction of sp³-hybridized carbons (Fsp3) is 0.245. The largest absolute Gasteiger partial charge is 0.334 e. The molecule has 18 heteroatoms. The summed E-state index contributed by atoms with van der Waals surface area (Å²) >= 11 is 22.5. The summed E-state index contributed by atoms with van der Waals surface area (Å²) in [5, 5.41) is 6.87. The Hall–Kier alpha value is -5.21. The topological polar surface area (TPSA) is 158 Å². The molecule has 0 spiro atoms. The molecule has 2 heterocycles. The molecule has 0 aromatic heterocycles. The zero-order chi connectivity index (χ0) is 51.1. The van der Waals surface area contributed by atoms with Gasteiger partial charge >= 0.3 is 13.6 Å². The van der Waals surface area contributed by atoms with Gasteiger partial charge in [-0.2, -0.15) is 4.52 Å². The summed E-state index contributed by atoms with van der Waals surface area (Å²) in [6, 6.07) is 35.9. The number of halogens is 2. The molecule has 0 fully saturated rings. The number of carbonyl (C=O) groups excluding carboxylic acids is 4. The molecular formula is C53H53Cl2N4O8P2S2+. The third-order valence-corrected chi connectivity index (χ3v) is 14.3. The Kier molecular flexibility index (Phi) is 17.8. The number of hydrogen-bond donors (Lipinski definition) is 4. The minimum Gasteiger partial charge on any atom is -0.325 e. The van der Waals surface area contributed by atoms with Crippen molar-refractivity contribution in [1.82, 2.24) is 0 Å². The Morgan fingerprint density at radius 2 is 1.03 bits per heavy atom. The summed E-state index contributed by atoms with van der Waals surface area (Å²) in [7, 11) is 0. The van der Waals surface area contributed by atoms with Crippen LogP contribution in [0.3, 0.4) is 0 Å². The van der Waals surface area contributed by atoms with E-state index >= 15 is 0 Å². The Morgan fingerprint density at radius 1 is 0.606 bits per heavy atom. The average Bonchev–Trinajstić information content (AvgIpc) is 3.59. The summed E-state index contributed by atoms with van der Waals surface area (Å²) in [4.78, 5) is 75.7. The number of aryl methyl sites for hydroxylation is 4. The molecular weight excluding hydrogens is 1020 g/mol. The van der Waals surface area contributed by atoms with Crippen LogP contribution in [-0.4, -0.2) is 53.2 Å². The maximum atomic E-state index is 13.7. The van der Waals surface area contributed by atoms with Gasteiger partial charge in [0.15, 0.2) is 11.8 Å². The number of fused-ring (bicyclic) bond motifs is 2. The predicted octanol–water partition coefficient (Wildman–Crippen LogP) is 13.1. The van der Waals surface area contributed by atoms with Crippen LogP contribution in [0.2, 0.25) is 10.0 Å². The van der Waals surface area contributed by atoms with Crippen molar-refractivity contribution >= 4 is 107 Å². The van der Waals surface area contributed by atoms with Crippen molar-refractivity contribution in [2.75, 3.05) is 40.2 Å². The van der Waals surface area contributed by atoms with E-state index in [4.69, 9.17) is 44.1 Å². The highest BCUT2D eigenvalue weighted by atomic mass is 35.5. The Labute approximate surface area is 435 Å². The number of nitrogens with one attached hydrogen (secondary N) is 2. The van der Waals surface area contributed by atoms with E-state index in [1.54, 1.807) is 76.5 Å². The summed E-state index contributed by atoms with van der Waals surface area (Å²) in [6.07, 6.45) is 1.67. The number of carbonyl (C=O) groups is 4. The average molecular weight is 1070 g/mol. The molecule has 2 aliphatic heterocycles. The Bertz CT molecular complexity index is 3100. The van der Waals surface area contributed by atoms with E-state index in [1.807, 2.05) is 89.0 Å². The fourth-order valence-corrected chi connectivity index (χ4v) is 10.9. The third kappa shape index (κ3) is 13.5. The molecule has 12 nitrogen and oxygen atoms in total. The van der Waals surface area contributed by atoms with Crippen LogP contribution in [-0.2, 0) is 32.7 Å². The fourth-order valence-electron chi connectivity index (χ4n) is 8.77. The van der Waals surface area contributed by atoms with Gasteiger partial charge in [-0.15, -0.1) is 0 Å². The van der Waals surface area contributed by atoms with E-state index in [0.717, 1.165) is 40.8 Å². The van der Waals surface area contributed by atoms with Gasteiger partial charge in [0.2, 0.25) is 0 Å². The molecule has 0 radical (unpaired) electrons. The highest BCUT2D eigenvalue weighted by molar-refractivity contribution is 8.06. The van der Waals surface area contributed by atoms with Crippen molar-refractivity contribution < 1.29 is 38.0 Å². The van der Waals surface area contributed by atoms with Crippen LogP contribution < -0.4 is 20.4 Å². The Morgan fingerprint density at radius 3 is 1.44 bits per heavy atom. The molecule has 0 saturated heterocycles. The molecule has 3 atom stereocenters. The summed E-state index contributed by atoms with van der Waals surface area (Å²) in [5.41, 5.74) is 9.62. The first-order valence-electron chi connectivity index (χ1n) is 22.8. The van der Waals surface area contributed by atoms with E-state index in [0.29, 0.717) is 86.4 Å². The summed E-state index contributed by atoms with van der Waals surface area (Å²) in [5.74, 6) is -0.713. The number of benzene rings is 6. The lowest BCUT2D eigenvalue weighted by Crippen LogP contribution is -2.32. The van der Waals surface area contributed by atoms with Crippen LogP contribution in [0.4, 0.5) is 22.7 Å². The number of anilines is 4. The van der Waals surface area contributed by atoms with Crippen molar-refractivity contribution in [2.24, 2.45) is 0 Å². The highest BCUT2D eigenvalue weighted by Crippen LogP contribution is 2.48. The van der Waals surface area contributed by atoms with Crippen molar-refractivity contribution in [3.05, 3.63) is 187 Å². The molecule has 0 aliphatic carbocycles. The van der Waals surface area contributed by atoms with Gasteiger partial charge in [-0.25, -0.2) is 0 Å².